The number of anilines is 1. The number of β-amino-alcohol motifs (C(OH)–C–C–N with tert-alkyl or cyclic N) is 1. The standard InChI is InChI=1S/C20H24FN3O2/c21-17-7-4-8-18(13-17)22-20(26)15-24-11-9-23(10-12-24)14-19(25)16-5-2-1-3-6-16/h1-8,13,19,25H,9-12,14-15H2,(H,22,26)/t19-/m1/s1. The van der Waals surface area contributed by atoms with Gasteiger partial charge in [0.2, 0.25) is 5.91 Å². The molecule has 1 aliphatic heterocycles. The Morgan fingerprint density at radius 2 is 1.73 bits per heavy atom. The summed E-state index contributed by atoms with van der Waals surface area (Å²) in [6.45, 7) is 4.00. The molecular formula is C20H24FN3O2. The molecule has 1 aliphatic rings. The van der Waals surface area contributed by atoms with Gasteiger partial charge in [0, 0.05) is 38.4 Å². The second-order valence-electron chi connectivity index (χ2n) is 6.56. The first-order valence-corrected chi connectivity index (χ1v) is 8.83. The lowest BCUT2D eigenvalue weighted by Crippen LogP contribution is -2.49. The summed E-state index contributed by atoms with van der Waals surface area (Å²) in [5.74, 6) is -0.512. The molecule has 1 fully saturated rings. The molecule has 3 rings (SSSR count). The van der Waals surface area contributed by atoms with Crippen LogP contribution in [-0.4, -0.2) is 60.1 Å². The Bertz CT molecular complexity index is 718. The van der Waals surface area contributed by atoms with Crippen LogP contribution in [0.2, 0.25) is 0 Å². The molecule has 26 heavy (non-hydrogen) atoms. The largest absolute Gasteiger partial charge is 0.387 e. The van der Waals surface area contributed by atoms with Gasteiger partial charge >= 0.3 is 0 Å². The highest BCUT2D eigenvalue weighted by molar-refractivity contribution is 5.92. The van der Waals surface area contributed by atoms with Gasteiger partial charge in [0.1, 0.15) is 5.82 Å². The molecule has 1 saturated heterocycles. The van der Waals surface area contributed by atoms with Crippen molar-refractivity contribution >= 4 is 11.6 Å². The number of nitrogens with one attached hydrogen (secondary N) is 1. The molecule has 6 heteroatoms. The van der Waals surface area contributed by atoms with E-state index >= 15 is 0 Å². The zero-order valence-electron chi connectivity index (χ0n) is 14.6. The molecule has 0 saturated carbocycles. The highest BCUT2D eigenvalue weighted by Crippen LogP contribution is 2.15. The van der Waals surface area contributed by atoms with E-state index in [1.807, 2.05) is 30.3 Å². The van der Waals surface area contributed by atoms with Gasteiger partial charge in [-0.15, -0.1) is 0 Å². The predicted molar refractivity (Wildman–Crippen MR) is 99.3 cm³/mol. The van der Waals surface area contributed by atoms with Crippen LogP contribution in [0.4, 0.5) is 10.1 Å². The van der Waals surface area contributed by atoms with Gasteiger partial charge < -0.3 is 10.4 Å². The molecule has 1 amide bonds. The van der Waals surface area contributed by atoms with E-state index in [9.17, 15) is 14.3 Å². The van der Waals surface area contributed by atoms with Crippen molar-refractivity contribution in [3.63, 3.8) is 0 Å². The topological polar surface area (TPSA) is 55.8 Å². The van der Waals surface area contributed by atoms with E-state index in [0.29, 0.717) is 12.2 Å². The summed E-state index contributed by atoms with van der Waals surface area (Å²) in [7, 11) is 0. The summed E-state index contributed by atoms with van der Waals surface area (Å²) in [5, 5.41) is 13.0. The first kappa shape index (κ1) is 18.5. The van der Waals surface area contributed by atoms with Crippen molar-refractivity contribution in [2.75, 3.05) is 44.6 Å². The summed E-state index contributed by atoms with van der Waals surface area (Å²) >= 11 is 0. The predicted octanol–water partition coefficient (Wildman–Crippen LogP) is 2.12. The first-order chi connectivity index (χ1) is 12.6. The number of carbonyl (C=O) groups is 1. The van der Waals surface area contributed by atoms with Crippen molar-refractivity contribution in [2.45, 2.75) is 6.10 Å². The number of benzene rings is 2. The van der Waals surface area contributed by atoms with Crippen LogP contribution in [0.3, 0.4) is 0 Å². The number of aliphatic hydroxyl groups is 1. The van der Waals surface area contributed by atoms with Crippen molar-refractivity contribution < 1.29 is 14.3 Å². The fourth-order valence-electron chi connectivity index (χ4n) is 3.12. The maximum Gasteiger partial charge on any atom is 0.238 e. The molecule has 2 aromatic carbocycles. The van der Waals surface area contributed by atoms with Crippen LogP contribution in [0.25, 0.3) is 0 Å². The van der Waals surface area contributed by atoms with Crippen LogP contribution < -0.4 is 5.32 Å². The Hall–Kier alpha value is -2.28. The minimum atomic E-state index is -0.501. The van der Waals surface area contributed by atoms with Crippen molar-refractivity contribution in [3.8, 4) is 0 Å². The number of amides is 1. The zero-order chi connectivity index (χ0) is 18.4. The van der Waals surface area contributed by atoms with Crippen molar-refractivity contribution in [1.29, 1.82) is 0 Å². The van der Waals surface area contributed by atoms with E-state index in [4.69, 9.17) is 0 Å². The molecule has 0 aliphatic carbocycles. The van der Waals surface area contributed by atoms with Crippen LogP contribution in [-0.2, 0) is 4.79 Å². The number of hydrogen-bond donors (Lipinski definition) is 2. The Labute approximate surface area is 153 Å². The fraction of sp³-hybridized carbons (Fsp3) is 0.350. The van der Waals surface area contributed by atoms with Gasteiger partial charge in [-0.25, -0.2) is 4.39 Å². The van der Waals surface area contributed by atoms with Crippen molar-refractivity contribution in [1.82, 2.24) is 9.80 Å². The van der Waals surface area contributed by atoms with Gasteiger partial charge in [0.25, 0.3) is 0 Å². The third-order valence-corrected chi connectivity index (χ3v) is 4.56. The molecule has 0 unspecified atom stereocenters. The molecule has 2 N–H and O–H groups in total. The van der Waals surface area contributed by atoms with Crippen LogP contribution in [0, 0.1) is 5.82 Å². The summed E-state index contributed by atoms with van der Waals surface area (Å²) < 4.78 is 13.2. The van der Waals surface area contributed by atoms with E-state index in [2.05, 4.69) is 15.1 Å². The number of aliphatic hydroxyl groups excluding tert-OH is 1. The second kappa shape index (κ2) is 8.89. The molecule has 0 aromatic heterocycles. The summed E-state index contributed by atoms with van der Waals surface area (Å²) in [4.78, 5) is 16.4. The molecular weight excluding hydrogens is 333 g/mol. The number of nitrogens with zero attached hydrogens (tertiary/aromatic N) is 2. The molecule has 0 radical (unpaired) electrons. The van der Waals surface area contributed by atoms with E-state index in [0.717, 1.165) is 31.7 Å². The third-order valence-electron chi connectivity index (χ3n) is 4.56. The number of piperazine rings is 1. The van der Waals surface area contributed by atoms with Crippen molar-refractivity contribution in [2.24, 2.45) is 0 Å². The zero-order valence-corrected chi connectivity index (χ0v) is 14.6. The van der Waals surface area contributed by atoms with Crippen LogP contribution in [0.15, 0.2) is 54.6 Å². The lowest BCUT2D eigenvalue weighted by atomic mass is 10.1. The number of hydrogen-bond acceptors (Lipinski definition) is 4. The average molecular weight is 357 g/mol. The molecule has 5 nitrogen and oxygen atoms in total. The highest BCUT2D eigenvalue weighted by Gasteiger charge is 2.21. The summed E-state index contributed by atoms with van der Waals surface area (Å²) in [6, 6.07) is 15.5. The third kappa shape index (κ3) is 5.36. The maximum atomic E-state index is 13.2. The molecule has 1 heterocycles. The van der Waals surface area contributed by atoms with E-state index in [1.54, 1.807) is 12.1 Å². The van der Waals surface area contributed by atoms with Gasteiger partial charge in [-0.05, 0) is 23.8 Å². The van der Waals surface area contributed by atoms with E-state index < -0.39 is 6.10 Å². The molecule has 1 atom stereocenters. The maximum absolute atomic E-state index is 13.2. The van der Waals surface area contributed by atoms with Crippen LogP contribution in [0.1, 0.15) is 11.7 Å². The van der Waals surface area contributed by atoms with Gasteiger partial charge in [0.15, 0.2) is 0 Å². The second-order valence-corrected chi connectivity index (χ2v) is 6.56. The van der Waals surface area contributed by atoms with Crippen LogP contribution in [0.5, 0.6) is 0 Å². The lowest BCUT2D eigenvalue weighted by Gasteiger charge is -2.35. The molecule has 0 spiro atoms. The number of rotatable bonds is 6. The SMILES string of the molecule is O=C(CN1CCN(C[C@@H](O)c2ccccc2)CC1)Nc1cccc(F)c1. The lowest BCUT2D eigenvalue weighted by molar-refractivity contribution is -0.117. The van der Waals surface area contributed by atoms with Crippen molar-refractivity contribution in [3.05, 3.63) is 66.0 Å². The molecule has 0 bridgehead atoms. The fourth-order valence-corrected chi connectivity index (χ4v) is 3.12. The minimum Gasteiger partial charge on any atom is -0.387 e. The number of carbonyl (C=O) groups excluding carboxylic acids is 1. The Kier molecular flexibility index (Phi) is 6.33. The molecule has 138 valence electrons. The quantitative estimate of drug-likeness (QED) is 0.832. The summed E-state index contributed by atoms with van der Waals surface area (Å²) in [6.07, 6.45) is -0.501. The normalized spacial score (nSPS) is 17.0. The van der Waals surface area contributed by atoms with Crippen LogP contribution >= 0.6 is 0 Å². The Morgan fingerprint density at radius 3 is 2.42 bits per heavy atom. The monoisotopic (exact) mass is 357 g/mol. The smallest absolute Gasteiger partial charge is 0.238 e. The Morgan fingerprint density at radius 1 is 1.04 bits per heavy atom. The number of halogens is 1. The highest BCUT2D eigenvalue weighted by atomic mass is 19.1. The van der Waals surface area contributed by atoms with E-state index in [-0.39, 0.29) is 18.3 Å². The average Bonchev–Trinajstić information content (AvgIpc) is 2.64. The van der Waals surface area contributed by atoms with E-state index in [1.165, 1.54) is 12.1 Å². The molecule has 2 aromatic rings. The van der Waals surface area contributed by atoms with Gasteiger partial charge in [-0.1, -0.05) is 36.4 Å². The summed E-state index contributed by atoms with van der Waals surface area (Å²) in [5.41, 5.74) is 1.39. The first-order valence-electron chi connectivity index (χ1n) is 8.83. The van der Waals surface area contributed by atoms with Gasteiger partial charge in [-0.2, -0.15) is 0 Å². The van der Waals surface area contributed by atoms with Gasteiger partial charge in [0.05, 0.1) is 12.6 Å². The minimum absolute atomic E-state index is 0.145. The van der Waals surface area contributed by atoms with Gasteiger partial charge in [-0.3, -0.25) is 14.6 Å². The Balaban J connectivity index is 1.41.